The summed E-state index contributed by atoms with van der Waals surface area (Å²) in [4.78, 5) is 36.0. The molecule has 0 radical (unpaired) electrons. The van der Waals surface area contributed by atoms with Gasteiger partial charge in [-0.1, -0.05) is 0 Å². The number of fused-ring (bicyclic) bond motifs is 1. The summed E-state index contributed by atoms with van der Waals surface area (Å²) in [7, 11) is 2.44. The van der Waals surface area contributed by atoms with Gasteiger partial charge in [0.1, 0.15) is 5.70 Å². The Labute approximate surface area is 151 Å². The average Bonchev–Trinajstić information content (AvgIpc) is 2.89. The Balaban J connectivity index is 2.60. The fourth-order valence-electron chi connectivity index (χ4n) is 2.79. The number of esters is 2. The van der Waals surface area contributed by atoms with E-state index in [0.29, 0.717) is 18.8 Å². The fraction of sp³-hybridized carbons (Fsp3) is 0.389. The molecule has 0 amide bonds. The van der Waals surface area contributed by atoms with Gasteiger partial charge in [-0.2, -0.15) is 0 Å². The summed E-state index contributed by atoms with van der Waals surface area (Å²) in [6.45, 7) is 6.74. The topological polar surface area (TPSA) is 91.6 Å². The standard InChI is InChI=1S/C18H23N3O5/c1-6-20-14-8-11(3)12(9-15(14)21(7-2)18(20)24)19-13(17(23)26-5)10-16(22)25-4/h8-10,19H,6-7H2,1-5H3/b13-10+. The Bertz CT molecular complexity index is 936. The molecule has 0 aliphatic carbocycles. The Morgan fingerprint density at radius 3 is 2.15 bits per heavy atom. The quantitative estimate of drug-likeness (QED) is 0.623. The Morgan fingerprint density at radius 1 is 1.08 bits per heavy atom. The third-order valence-electron chi connectivity index (χ3n) is 4.14. The zero-order valence-corrected chi connectivity index (χ0v) is 15.6. The van der Waals surface area contributed by atoms with Gasteiger partial charge in [0.25, 0.3) is 0 Å². The summed E-state index contributed by atoms with van der Waals surface area (Å²) in [6.07, 6.45) is 1.03. The maximum Gasteiger partial charge on any atom is 0.354 e. The van der Waals surface area contributed by atoms with Crippen molar-refractivity contribution in [2.24, 2.45) is 0 Å². The van der Waals surface area contributed by atoms with Crippen LogP contribution in [-0.2, 0) is 32.2 Å². The highest BCUT2D eigenvalue weighted by molar-refractivity contribution is 5.99. The number of aryl methyl sites for hydroxylation is 3. The van der Waals surface area contributed by atoms with Crippen LogP contribution in [-0.4, -0.2) is 35.3 Å². The molecule has 1 aromatic heterocycles. The van der Waals surface area contributed by atoms with Gasteiger partial charge in [0.05, 0.1) is 31.3 Å². The summed E-state index contributed by atoms with van der Waals surface area (Å²) in [5.74, 6) is -1.38. The smallest absolute Gasteiger partial charge is 0.354 e. The Kier molecular flexibility index (Phi) is 5.86. The molecule has 1 N–H and O–H groups in total. The van der Waals surface area contributed by atoms with E-state index in [9.17, 15) is 14.4 Å². The first-order valence-electron chi connectivity index (χ1n) is 8.26. The van der Waals surface area contributed by atoms with Crippen LogP contribution >= 0.6 is 0 Å². The van der Waals surface area contributed by atoms with Crippen molar-refractivity contribution in [3.63, 3.8) is 0 Å². The molecule has 1 heterocycles. The first-order valence-corrected chi connectivity index (χ1v) is 8.26. The van der Waals surface area contributed by atoms with E-state index in [4.69, 9.17) is 4.74 Å². The Morgan fingerprint density at radius 2 is 1.65 bits per heavy atom. The first-order chi connectivity index (χ1) is 12.4. The molecule has 0 unspecified atom stereocenters. The molecule has 0 aliphatic rings. The average molecular weight is 361 g/mol. The number of anilines is 1. The van der Waals surface area contributed by atoms with E-state index in [-0.39, 0.29) is 11.4 Å². The molecule has 0 bridgehead atoms. The highest BCUT2D eigenvalue weighted by atomic mass is 16.5. The van der Waals surface area contributed by atoms with Gasteiger partial charge in [0.15, 0.2) is 0 Å². The normalized spacial score (nSPS) is 11.5. The predicted molar refractivity (Wildman–Crippen MR) is 98.0 cm³/mol. The molecule has 2 rings (SSSR count). The molecule has 8 nitrogen and oxygen atoms in total. The van der Waals surface area contributed by atoms with Gasteiger partial charge in [-0.05, 0) is 38.5 Å². The number of imidazole rings is 1. The van der Waals surface area contributed by atoms with E-state index in [1.807, 2.05) is 26.8 Å². The van der Waals surface area contributed by atoms with Crippen molar-refractivity contribution in [2.45, 2.75) is 33.9 Å². The lowest BCUT2D eigenvalue weighted by atomic mass is 10.1. The van der Waals surface area contributed by atoms with Crippen LogP contribution in [0.4, 0.5) is 5.69 Å². The van der Waals surface area contributed by atoms with Crippen molar-refractivity contribution >= 4 is 28.7 Å². The number of carbonyl (C=O) groups is 2. The lowest BCUT2D eigenvalue weighted by Crippen LogP contribution is -2.23. The van der Waals surface area contributed by atoms with Crippen LogP contribution in [0, 0.1) is 6.92 Å². The van der Waals surface area contributed by atoms with Crippen LogP contribution in [0.2, 0.25) is 0 Å². The Hall–Kier alpha value is -3.03. The molecular weight excluding hydrogens is 338 g/mol. The van der Waals surface area contributed by atoms with Gasteiger partial charge in [0, 0.05) is 18.8 Å². The van der Waals surface area contributed by atoms with Crippen molar-refractivity contribution < 1.29 is 19.1 Å². The number of carbonyl (C=O) groups excluding carboxylic acids is 2. The van der Waals surface area contributed by atoms with E-state index >= 15 is 0 Å². The summed E-state index contributed by atoms with van der Waals surface area (Å²) >= 11 is 0. The van der Waals surface area contributed by atoms with Crippen LogP contribution < -0.4 is 11.0 Å². The molecule has 1 aromatic carbocycles. The van der Waals surface area contributed by atoms with Crippen molar-refractivity contribution in [1.82, 2.24) is 9.13 Å². The maximum atomic E-state index is 12.5. The second-order valence-electron chi connectivity index (χ2n) is 5.62. The highest BCUT2D eigenvalue weighted by Gasteiger charge is 2.17. The zero-order chi connectivity index (χ0) is 19.4. The minimum atomic E-state index is -0.700. The van der Waals surface area contributed by atoms with Gasteiger partial charge in [-0.25, -0.2) is 14.4 Å². The minimum Gasteiger partial charge on any atom is -0.466 e. The molecule has 2 aromatic rings. The van der Waals surface area contributed by atoms with E-state index < -0.39 is 11.9 Å². The number of ether oxygens (including phenoxy) is 2. The first kappa shape index (κ1) is 19.3. The lowest BCUT2D eigenvalue weighted by molar-refractivity contribution is -0.138. The zero-order valence-electron chi connectivity index (χ0n) is 15.6. The van der Waals surface area contributed by atoms with Crippen LogP contribution in [0.25, 0.3) is 11.0 Å². The second kappa shape index (κ2) is 7.90. The van der Waals surface area contributed by atoms with Crippen LogP contribution in [0.15, 0.2) is 28.7 Å². The van der Waals surface area contributed by atoms with Gasteiger partial charge < -0.3 is 14.8 Å². The van der Waals surface area contributed by atoms with Crippen LogP contribution in [0.5, 0.6) is 0 Å². The third-order valence-corrected chi connectivity index (χ3v) is 4.14. The largest absolute Gasteiger partial charge is 0.466 e. The summed E-state index contributed by atoms with van der Waals surface area (Å²) in [6, 6.07) is 3.66. The SMILES string of the molecule is CCn1c(=O)n(CC)c2cc(N/C(=C/C(=O)OC)C(=O)OC)c(C)cc21. The molecule has 0 atom stereocenters. The molecule has 8 heteroatoms. The lowest BCUT2D eigenvalue weighted by Gasteiger charge is -2.12. The number of methoxy groups -OCH3 is 2. The predicted octanol–water partition coefficient (Wildman–Crippen LogP) is 1.79. The van der Waals surface area contributed by atoms with Gasteiger partial charge in [-0.15, -0.1) is 0 Å². The van der Waals surface area contributed by atoms with Gasteiger partial charge in [-0.3, -0.25) is 9.13 Å². The number of benzene rings is 1. The van der Waals surface area contributed by atoms with Gasteiger partial charge >= 0.3 is 17.6 Å². The van der Waals surface area contributed by atoms with E-state index in [2.05, 4.69) is 10.1 Å². The van der Waals surface area contributed by atoms with E-state index in [0.717, 1.165) is 22.7 Å². The maximum absolute atomic E-state index is 12.5. The number of hydrogen-bond donors (Lipinski definition) is 1. The van der Waals surface area contributed by atoms with Crippen LogP contribution in [0.1, 0.15) is 19.4 Å². The monoisotopic (exact) mass is 361 g/mol. The van der Waals surface area contributed by atoms with E-state index in [1.54, 1.807) is 15.2 Å². The number of rotatable bonds is 6. The molecule has 26 heavy (non-hydrogen) atoms. The number of nitrogens with zero attached hydrogens (tertiary/aromatic N) is 2. The number of nitrogens with one attached hydrogen (secondary N) is 1. The summed E-state index contributed by atoms with van der Waals surface area (Å²) < 4.78 is 12.6. The molecule has 0 fully saturated rings. The molecule has 0 aliphatic heterocycles. The molecular formula is C18H23N3O5. The van der Waals surface area contributed by atoms with Crippen LogP contribution in [0.3, 0.4) is 0 Å². The molecule has 0 saturated heterocycles. The summed E-state index contributed by atoms with van der Waals surface area (Å²) in [5, 5.41) is 2.91. The second-order valence-corrected chi connectivity index (χ2v) is 5.62. The summed E-state index contributed by atoms with van der Waals surface area (Å²) in [5.41, 5.74) is 2.83. The van der Waals surface area contributed by atoms with Crippen molar-refractivity contribution in [3.8, 4) is 0 Å². The van der Waals surface area contributed by atoms with Crippen molar-refractivity contribution in [2.75, 3.05) is 19.5 Å². The van der Waals surface area contributed by atoms with E-state index in [1.165, 1.54) is 14.2 Å². The minimum absolute atomic E-state index is 0.0536. The number of hydrogen-bond acceptors (Lipinski definition) is 6. The molecule has 0 saturated carbocycles. The number of aromatic nitrogens is 2. The van der Waals surface area contributed by atoms with Crippen molar-refractivity contribution in [3.05, 3.63) is 40.0 Å². The molecule has 140 valence electrons. The molecule has 0 spiro atoms. The fourth-order valence-corrected chi connectivity index (χ4v) is 2.79. The van der Waals surface area contributed by atoms with Gasteiger partial charge in [0.2, 0.25) is 0 Å². The third kappa shape index (κ3) is 3.49. The highest BCUT2D eigenvalue weighted by Crippen LogP contribution is 2.25. The van der Waals surface area contributed by atoms with Crippen molar-refractivity contribution in [1.29, 1.82) is 0 Å².